The molecule has 0 amide bonds. The number of hydrogen-bond acceptors (Lipinski definition) is 7. The molecule has 2 rings (SSSR count). The van der Waals surface area contributed by atoms with Gasteiger partial charge in [0.25, 0.3) is 0 Å². The highest BCUT2D eigenvalue weighted by atomic mass is 32.2. The number of aliphatic hydroxyl groups excluding tert-OH is 1. The summed E-state index contributed by atoms with van der Waals surface area (Å²) in [5.41, 5.74) is 5.63. The van der Waals surface area contributed by atoms with E-state index in [9.17, 15) is 0 Å². The summed E-state index contributed by atoms with van der Waals surface area (Å²) < 4.78 is 5.06. The summed E-state index contributed by atoms with van der Waals surface area (Å²) in [5.74, 6) is 2.00. The average Bonchev–Trinajstić information content (AvgIpc) is 2.81. The van der Waals surface area contributed by atoms with Crippen LogP contribution in [0.25, 0.3) is 0 Å². The van der Waals surface area contributed by atoms with E-state index in [1.807, 2.05) is 23.5 Å². The SMILES string of the molecule is CC1SCC(c2noc([C@@H](N)CO)n2)SC1C. The van der Waals surface area contributed by atoms with Gasteiger partial charge in [0, 0.05) is 16.3 Å². The Bertz CT molecular complexity index is 374. The molecule has 1 saturated heterocycles. The van der Waals surface area contributed by atoms with Crippen molar-refractivity contribution in [1.29, 1.82) is 0 Å². The van der Waals surface area contributed by atoms with Gasteiger partial charge in [0.15, 0.2) is 5.82 Å². The predicted molar refractivity (Wildman–Crippen MR) is 70.0 cm³/mol. The van der Waals surface area contributed by atoms with Crippen molar-refractivity contribution in [2.45, 2.75) is 35.6 Å². The number of aromatic nitrogens is 2. The molecule has 2 heterocycles. The molecular weight excluding hydrogens is 258 g/mol. The minimum Gasteiger partial charge on any atom is -0.394 e. The van der Waals surface area contributed by atoms with E-state index in [-0.39, 0.29) is 11.9 Å². The van der Waals surface area contributed by atoms with Crippen LogP contribution in [-0.2, 0) is 0 Å². The zero-order chi connectivity index (χ0) is 12.4. The van der Waals surface area contributed by atoms with E-state index in [0.29, 0.717) is 22.2 Å². The van der Waals surface area contributed by atoms with E-state index < -0.39 is 6.04 Å². The second-order valence-corrected chi connectivity index (χ2v) is 7.14. The lowest BCUT2D eigenvalue weighted by molar-refractivity contribution is 0.236. The maximum Gasteiger partial charge on any atom is 0.245 e. The van der Waals surface area contributed by atoms with Crippen LogP contribution in [0.5, 0.6) is 0 Å². The monoisotopic (exact) mass is 275 g/mol. The molecule has 5 nitrogen and oxygen atoms in total. The van der Waals surface area contributed by atoms with Crippen molar-refractivity contribution in [3.63, 3.8) is 0 Å². The van der Waals surface area contributed by atoms with E-state index in [1.54, 1.807) is 0 Å². The Labute approximate surface area is 109 Å². The van der Waals surface area contributed by atoms with Crippen LogP contribution in [0.15, 0.2) is 4.52 Å². The number of nitrogens with zero attached hydrogens (tertiary/aromatic N) is 2. The fourth-order valence-electron chi connectivity index (χ4n) is 1.53. The molecule has 1 aromatic heterocycles. The molecule has 1 aliphatic rings. The van der Waals surface area contributed by atoms with Crippen LogP contribution in [0, 0.1) is 0 Å². The van der Waals surface area contributed by atoms with Crippen molar-refractivity contribution >= 4 is 23.5 Å². The first kappa shape index (κ1) is 13.2. The van der Waals surface area contributed by atoms with E-state index in [2.05, 4.69) is 24.0 Å². The van der Waals surface area contributed by atoms with Crippen molar-refractivity contribution in [3.8, 4) is 0 Å². The number of rotatable bonds is 3. The first-order valence-electron chi connectivity index (χ1n) is 5.58. The van der Waals surface area contributed by atoms with Gasteiger partial charge in [-0.1, -0.05) is 19.0 Å². The highest BCUT2D eigenvalue weighted by molar-refractivity contribution is 8.07. The third kappa shape index (κ3) is 2.96. The third-order valence-electron chi connectivity index (χ3n) is 2.81. The van der Waals surface area contributed by atoms with Gasteiger partial charge in [0.1, 0.15) is 6.04 Å². The van der Waals surface area contributed by atoms with Gasteiger partial charge in [-0.3, -0.25) is 0 Å². The third-order valence-corrected chi connectivity index (χ3v) is 6.20. The van der Waals surface area contributed by atoms with Gasteiger partial charge in [-0.2, -0.15) is 16.7 Å². The summed E-state index contributed by atoms with van der Waals surface area (Å²) in [4.78, 5) is 4.27. The largest absolute Gasteiger partial charge is 0.394 e. The van der Waals surface area contributed by atoms with Crippen LogP contribution in [0.3, 0.4) is 0 Å². The molecule has 7 heteroatoms. The minimum atomic E-state index is -0.575. The molecule has 0 aromatic carbocycles. The number of thioether (sulfide) groups is 2. The molecule has 3 N–H and O–H groups in total. The molecule has 4 atom stereocenters. The highest BCUT2D eigenvalue weighted by Crippen LogP contribution is 2.43. The predicted octanol–water partition coefficient (Wildman–Crippen LogP) is 1.36. The van der Waals surface area contributed by atoms with Gasteiger partial charge in [-0.05, 0) is 0 Å². The van der Waals surface area contributed by atoms with E-state index >= 15 is 0 Å². The Morgan fingerprint density at radius 2 is 2.29 bits per heavy atom. The van der Waals surface area contributed by atoms with Crippen molar-refractivity contribution in [1.82, 2.24) is 10.1 Å². The minimum absolute atomic E-state index is 0.179. The fraction of sp³-hybridized carbons (Fsp3) is 0.800. The van der Waals surface area contributed by atoms with Crippen LogP contribution < -0.4 is 5.73 Å². The number of hydrogen-bond donors (Lipinski definition) is 2. The lowest BCUT2D eigenvalue weighted by Crippen LogP contribution is -2.22. The summed E-state index contributed by atoms with van der Waals surface area (Å²) >= 11 is 3.80. The normalized spacial score (nSPS) is 31.4. The van der Waals surface area contributed by atoms with Gasteiger partial charge in [-0.25, -0.2) is 0 Å². The maximum atomic E-state index is 8.92. The second-order valence-electron chi connectivity index (χ2n) is 4.15. The Hall–Kier alpha value is -0.240. The van der Waals surface area contributed by atoms with Crippen LogP contribution in [0.4, 0.5) is 0 Å². The molecule has 0 spiro atoms. The van der Waals surface area contributed by atoms with E-state index in [0.717, 1.165) is 5.75 Å². The van der Waals surface area contributed by atoms with Gasteiger partial charge < -0.3 is 15.4 Å². The van der Waals surface area contributed by atoms with Gasteiger partial charge in [0.05, 0.1) is 11.9 Å². The Morgan fingerprint density at radius 1 is 1.53 bits per heavy atom. The van der Waals surface area contributed by atoms with Gasteiger partial charge in [-0.15, -0.1) is 11.8 Å². The number of nitrogens with two attached hydrogens (primary N) is 1. The summed E-state index contributed by atoms with van der Waals surface area (Å²) in [5, 5.41) is 14.4. The average molecular weight is 275 g/mol. The molecule has 17 heavy (non-hydrogen) atoms. The molecule has 0 aliphatic carbocycles. The van der Waals surface area contributed by atoms with Crippen molar-refractivity contribution in [3.05, 3.63) is 11.7 Å². The van der Waals surface area contributed by atoms with Crippen LogP contribution in [-0.4, -0.2) is 38.1 Å². The molecular formula is C10H17N3O2S2. The zero-order valence-corrected chi connectivity index (χ0v) is 11.5. The Morgan fingerprint density at radius 3 is 2.94 bits per heavy atom. The highest BCUT2D eigenvalue weighted by Gasteiger charge is 2.30. The first-order valence-corrected chi connectivity index (χ1v) is 7.58. The summed E-state index contributed by atoms with van der Waals surface area (Å²) in [6.07, 6.45) is 0. The summed E-state index contributed by atoms with van der Waals surface area (Å²) in [7, 11) is 0. The van der Waals surface area contributed by atoms with Gasteiger partial charge >= 0.3 is 0 Å². The van der Waals surface area contributed by atoms with E-state index in [4.69, 9.17) is 15.4 Å². The Balaban J connectivity index is 2.05. The molecule has 1 aliphatic heterocycles. The molecule has 1 fully saturated rings. The molecule has 0 saturated carbocycles. The van der Waals surface area contributed by atoms with Crippen molar-refractivity contribution < 1.29 is 9.63 Å². The lowest BCUT2D eigenvalue weighted by Gasteiger charge is -2.29. The standard InChI is InChI=1S/C10H17N3O2S2/c1-5-6(2)17-8(4-16-5)9-12-10(15-13-9)7(11)3-14/h5-8,14H,3-4,11H2,1-2H3/t5?,6?,7-,8?/m0/s1. The number of aliphatic hydroxyl groups is 1. The first-order chi connectivity index (χ1) is 8.11. The van der Waals surface area contributed by atoms with Crippen LogP contribution >= 0.6 is 23.5 Å². The van der Waals surface area contributed by atoms with Crippen molar-refractivity contribution in [2.24, 2.45) is 5.73 Å². The quantitative estimate of drug-likeness (QED) is 0.861. The van der Waals surface area contributed by atoms with E-state index in [1.165, 1.54) is 0 Å². The van der Waals surface area contributed by atoms with Gasteiger partial charge in [0.2, 0.25) is 5.89 Å². The molecule has 0 radical (unpaired) electrons. The second kappa shape index (κ2) is 5.60. The smallest absolute Gasteiger partial charge is 0.245 e. The Kier molecular flexibility index (Phi) is 4.35. The van der Waals surface area contributed by atoms with Crippen molar-refractivity contribution in [2.75, 3.05) is 12.4 Å². The summed E-state index contributed by atoms with van der Waals surface area (Å²) in [6.45, 7) is 4.28. The van der Waals surface area contributed by atoms with Crippen LogP contribution in [0.1, 0.15) is 36.9 Å². The molecule has 96 valence electrons. The fourth-order valence-corrected chi connectivity index (χ4v) is 4.36. The van der Waals surface area contributed by atoms with Crippen LogP contribution in [0.2, 0.25) is 0 Å². The summed E-state index contributed by atoms with van der Waals surface area (Å²) in [6, 6.07) is -0.575. The zero-order valence-electron chi connectivity index (χ0n) is 9.87. The maximum absolute atomic E-state index is 8.92. The molecule has 0 bridgehead atoms. The lowest BCUT2D eigenvalue weighted by atomic mass is 10.3. The topological polar surface area (TPSA) is 85.2 Å². The molecule has 1 aromatic rings. The molecule has 3 unspecified atom stereocenters.